The van der Waals surface area contributed by atoms with Crippen molar-refractivity contribution < 1.29 is 28.2 Å². The number of methoxy groups -OCH3 is 1. The second kappa shape index (κ2) is 12.9. The van der Waals surface area contributed by atoms with Crippen molar-refractivity contribution in [3.05, 3.63) is 92.1 Å². The van der Waals surface area contributed by atoms with Crippen molar-refractivity contribution in [1.29, 1.82) is 0 Å². The first-order valence-corrected chi connectivity index (χ1v) is 14.8. The van der Waals surface area contributed by atoms with Gasteiger partial charge < -0.3 is 19.3 Å². The maximum atomic E-state index is 13.5. The maximum absolute atomic E-state index is 13.5. The summed E-state index contributed by atoms with van der Waals surface area (Å²) in [4.78, 5) is 43.9. The van der Waals surface area contributed by atoms with Crippen LogP contribution in [0.2, 0.25) is 0 Å². The van der Waals surface area contributed by atoms with Crippen molar-refractivity contribution in [2.75, 3.05) is 44.7 Å². The van der Waals surface area contributed by atoms with Crippen LogP contribution in [0.4, 0.5) is 14.9 Å². The fourth-order valence-corrected chi connectivity index (χ4v) is 6.24. The molecule has 3 aromatic carbocycles. The van der Waals surface area contributed by atoms with Gasteiger partial charge in [0.1, 0.15) is 19.0 Å². The third-order valence-corrected chi connectivity index (χ3v) is 8.45. The summed E-state index contributed by atoms with van der Waals surface area (Å²) in [5.74, 6) is -0.178. The van der Waals surface area contributed by atoms with E-state index >= 15 is 0 Å². The summed E-state index contributed by atoms with van der Waals surface area (Å²) in [6.45, 7) is 2.26. The molecule has 3 amide bonds. The fourth-order valence-electron chi connectivity index (χ4n) is 4.62. The molecular formula is C30H27FIN3O5S. The molecule has 0 saturated carbocycles. The Labute approximate surface area is 255 Å². The molecule has 0 bridgehead atoms. The van der Waals surface area contributed by atoms with Crippen molar-refractivity contribution in [3.63, 3.8) is 0 Å². The van der Waals surface area contributed by atoms with Gasteiger partial charge in [-0.3, -0.25) is 19.3 Å². The lowest BCUT2D eigenvalue weighted by Crippen LogP contribution is -2.51. The average molecular weight is 688 g/mol. The maximum Gasteiger partial charge on any atom is 0.294 e. The number of thioether (sulfide) groups is 1. The van der Waals surface area contributed by atoms with E-state index in [9.17, 15) is 18.8 Å². The van der Waals surface area contributed by atoms with Gasteiger partial charge in [-0.1, -0.05) is 30.3 Å². The summed E-state index contributed by atoms with van der Waals surface area (Å²) in [6.07, 6.45) is 1.61. The number of hydrogen-bond donors (Lipinski definition) is 0. The van der Waals surface area contributed by atoms with Crippen molar-refractivity contribution in [2.24, 2.45) is 0 Å². The Morgan fingerprint density at radius 2 is 1.78 bits per heavy atom. The molecule has 0 atom stereocenters. The van der Waals surface area contributed by atoms with Gasteiger partial charge in [0.15, 0.2) is 11.5 Å². The summed E-state index contributed by atoms with van der Waals surface area (Å²) in [7, 11) is 1.50. The van der Waals surface area contributed by atoms with Crippen molar-refractivity contribution >= 4 is 63.2 Å². The van der Waals surface area contributed by atoms with Gasteiger partial charge in [0.2, 0.25) is 5.91 Å². The first kappa shape index (κ1) is 28.9. The molecular weight excluding hydrogens is 660 g/mol. The Kier molecular flexibility index (Phi) is 9.13. The molecule has 0 unspecified atom stereocenters. The Hall–Kier alpha value is -3.58. The molecule has 5 rings (SSSR count). The zero-order valence-electron chi connectivity index (χ0n) is 22.2. The number of rotatable bonds is 8. The average Bonchev–Trinajstić information content (AvgIpc) is 3.24. The number of carbonyl (C=O) groups excluding carboxylic acids is 3. The highest BCUT2D eigenvalue weighted by Gasteiger charge is 2.37. The van der Waals surface area contributed by atoms with Crippen molar-refractivity contribution in [2.45, 2.75) is 6.61 Å². The summed E-state index contributed by atoms with van der Waals surface area (Å²) in [5, 5.41) is -0.478. The van der Waals surface area contributed by atoms with Crippen molar-refractivity contribution in [3.8, 4) is 11.5 Å². The molecule has 3 aromatic rings. The number of halogens is 2. The number of benzene rings is 3. The van der Waals surface area contributed by atoms with E-state index < -0.39 is 11.1 Å². The summed E-state index contributed by atoms with van der Waals surface area (Å²) >= 11 is 2.90. The van der Waals surface area contributed by atoms with E-state index in [1.165, 1.54) is 19.2 Å². The minimum absolute atomic E-state index is 0.150. The van der Waals surface area contributed by atoms with Gasteiger partial charge in [-0.2, -0.15) is 0 Å². The molecule has 8 nitrogen and oxygen atoms in total. The van der Waals surface area contributed by atoms with E-state index in [1.54, 1.807) is 35.2 Å². The number of anilines is 1. The zero-order valence-corrected chi connectivity index (χ0v) is 25.2. The van der Waals surface area contributed by atoms with Crippen LogP contribution in [0.15, 0.2) is 71.6 Å². The van der Waals surface area contributed by atoms with Crippen LogP contribution in [0.1, 0.15) is 11.1 Å². The summed E-state index contributed by atoms with van der Waals surface area (Å²) < 4.78 is 25.7. The molecule has 2 saturated heterocycles. The zero-order chi connectivity index (χ0) is 28.9. The lowest BCUT2D eigenvalue weighted by atomic mass is 10.1. The van der Waals surface area contributed by atoms with Crippen LogP contribution >= 0.6 is 34.4 Å². The van der Waals surface area contributed by atoms with Gasteiger partial charge in [0.25, 0.3) is 11.1 Å². The highest BCUT2D eigenvalue weighted by Crippen LogP contribution is 2.37. The SMILES string of the molecule is COc1cc(/C=C2/SC(=O)N(CC(=O)N3CCN(c4ccccc4)CC3)C2=O)cc(I)c1OCc1cccc(F)c1. The van der Waals surface area contributed by atoms with Crippen LogP contribution in [0.25, 0.3) is 6.08 Å². The minimum Gasteiger partial charge on any atom is -0.493 e. The summed E-state index contributed by atoms with van der Waals surface area (Å²) in [5.41, 5.74) is 2.42. The van der Waals surface area contributed by atoms with E-state index in [0.717, 1.165) is 22.3 Å². The molecule has 212 valence electrons. The van der Waals surface area contributed by atoms with Gasteiger partial charge in [0, 0.05) is 31.9 Å². The van der Waals surface area contributed by atoms with Crippen LogP contribution in [0, 0.1) is 9.39 Å². The lowest BCUT2D eigenvalue weighted by Gasteiger charge is -2.36. The molecule has 0 N–H and O–H groups in total. The topological polar surface area (TPSA) is 79.4 Å². The second-order valence-corrected chi connectivity index (χ2v) is 11.6. The van der Waals surface area contributed by atoms with Crippen LogP contribution in [-0.2, 0) is 16.2 Å². The number of ether oxygens (including phenoxy) is 2. The first-order chi connectivity index (χ1) is 19.8. The molecule has 0 aromatic heterocycles. The Morgan fingerprint density at radius 1 is 1.02 bits per heavy atom. The van der Waals surface area contributed by atoms with Crippen LogP contribution in [0.5, 0.6) is 11.5 Å². The number of hydrogen-bond acceptors (Lipinski definition) is 7. The van der Waals surface area contributed by atoms with Crippen LogP contribution in [0.3, 0.4) is 0 Å². The van der Waals surface area contributed by atoms with Crippen LogP contribution < -0.4 is 14.4 Å². The third kappa shape index (κ3) is 6.84. The molecule has 2 fully saturated rings. The van der Waals surface area contributed by atoms with Gasteiger partial charge in [-0.25, -0.2) is 4.39 Å². The van der Waals surface area contributed by atoms with E-state index in [4.69, 9.17) is 9.47 Å². The fraction of sp³-hybridized carbons (Fsp3) is 0.233. The van der Waals surface area contributed by atoms with E-state index in [1.807, 2.05) is 30.3 Å². The highest BCUT2D eigenvalue weighted by atomic mass is 127. The Morgan fingerprint density at radius 3 is 2.49 bits per heavy atom. The summed E-state index contributed by atoms with van der Waals surface area (Å²) in [6, 6.07) is 19.7. The minimum atomic E-state index is -0.503. The largest absolute Gasteiger partial charge is 0.493 e. The smallest absolute Gasteiger partial charge is 0.294 e. The third-order valence-electron chi connectivity index (χ3n) is 6.74. The van der Waals surface area contributed by atoms with Gasteiger partial charge in [-0.15, -0.1) is 0 Å². The van der Waals surface area contributed by atoms with Crippen molar-refractivity contribution in [1.82, 2.24) is 9.80 Å². The normalized spacial score (nSPS) is 16.5. The quantitative estimate of drug-likeness (QED) is 0.232. The van der Waals surface area contributed by atoms with Gasteiger partial charge in [0.05, 0.1) is 15.6 Å². The van der Waals surface area contributed by atoms with E-state index in [-0.39, 0.29) is 29.8 Å². The second-order valence-electron chi connectivity index (χ2n) is 9.42. The predicted octanol–water partition coefficient (Wildman–Crippen LogP) is 5.40. The number of piperazine rings is 1. The molecule has 41 heavy (non-hydrogen) atoms. The number of amides is 3. The number of para-hydroxylation sites is 1. The number of carbonyl (C=O) groups is 3. The predicted molar refractivity (Wildman–Crippen MR) is 164 cm³/mol. The highest BCUT2D eigenvalue weighted by molar-refractivity contribution is 14.1. The molecule has 0 spiro atoms. The Balaban J connectivity index is 1.22. The Bertz CT molecular complexity index is 1490. The van der Waals surface area contributed by atoms with E-state index in [0.29, 0.717) is 52.4 Å². The first-order valence-electron chi connectivity index (χ1n) is 12.9. The molecule has 2 heterocycles. The number of imide groups is 1. The van der Waals surface area contributed by atoms with Gasteiger partial charge in [-0.05, 0) is 88.0 Å². The molecule has 0 radical (unpaired) electrons. The molecule has 11 heteroatoms. The molecule has 0 aliphatic carbocycles. The van der Waals surface area contributed by atoms with Gasteiger partial charge >= 0.3 is 0 Å². The lowest BCUT2D eigenvalue weighted by molar-refractivity contribution is -0.136. The van der Waals surface area contributed by atoms with E-state index in [2.05, 4.69) is 27.5 Å². The molecule has 2 aliphatic rings. The monoisotopic (exact) mass is 687 g/mol. The number of nitrogens with zero attached hydrogens (tertiary/aromatic N) is 3. The standard InChI is InChI=1S/C30H27FIN3O5S/c1-39-25-16-21(15-24(32)28(25)40-19-20-6-5-7-22(31)14-20)17-26-29(37)35(30(38)41-26)18-27(36)34-12-10-33(11-13-34)23-8-3-2-4-9-23/h2-9,14-17H,10-13,18-19H2,1H3/b26-17+. The van der Waals surface area contributed by atoms with Crippen LogP contribution in [-0.4, -0.2) is 66.7 Å². The molecule has 2 aliphatic heterocycles.